The first-order valence-electron chi connectivity index (χ1n) is 8.55. The fourth-order valence-electron chi connectivity index (χ4n) is 2.35. The van der Waals surface area contributed by atoms with Gasteiger partial charge in [-0.1, -0.05) is 31.5 Å². The molecule has 0 aliphatic heterocycles. The molecule has 0 spiro atoms. The number of benzene rings is 1. The van der Waals surface area contributed by atoms with Crippen LogP contribution < -0.4 is 16.0 Å². The molecule has 0 bridgehead atoms. The Hall–Kier alpha value is -2.96. The standard InChI is InChI=1S/C19H23FN4O2/c1-2-5-17(18(25)22-13-16-6-3-4-11-21-16)24-19(26)23-12-14-7-9-15(20)10-8-14/h3-4,6-11,17H,2,5,12-13H2,1H3,(H,22,25)(H2,23,24,26). The Morgan fingerprint density at radius 2 is 1.85 bits per heavy atom. The summed E-state index contributed by atoms with van der Waals surface area (Å²) in [5.74, 6) is -0.583. The molecule has 2 aromatic rings. The molecular formula is C19H23FN4O2. The number of carbonyl (C=O) groups excluding carboxylic acids is 2. The van der Waals surface area contributed by atoms with Gasteiger partial charge in [0.25, 0.3) is 0 Å². The predicted molar refractivity (Wildman–Crippen MR) is 96.6 cm³/mol. The topological polar surface area (TPSA) is 83.1 Å². The van der Waals surface area contributed by atoms with Crippen LogP contribution in [0.2, 0.25) is 0 Å². The molecule has 1 heterocycles. The number of urea groups is 1. The lowest BCUT2D eigenvalue weighted by Crippen LogP contribution is -2.49. The third-order valence-corrected chi connectivity index (χ3v) is 3.74. The molecule has 26 heavy (non-hydrogen) atoms. The van der Waals surface area contributed by atoms with Crippen LogP contribution in [0.25, 0.3) is 0 Å². The van der Waals surface area contributed by atoms with Gasteiger partial charge < -0.3 is 16.0 Å². The lowest BCUT2D eigenvalue weighted by atomic mass is 10.1. The third-order valence-electron chi connectivity index (χ3n) is 3.74. The first-order chi connectivity index (χ1) is 12.6. The highest BCUT2D eigenvalue weighted by Crippen LogP contribution is 2.03. The predicted octanol–water partition coefficient (Wildman–Crippen LogP) is 2.51. The molecule has 0 saturated heterocycles. The Balaban J connectivity index is 1.82. The van der Waals surface area contributed by atoms with Crippen molar-refractivity contribution in [1.82, 2.24) is 20.9 Å². The number of hydrogen-bond donors (Lipinski definition) is 3. The highest BCUT2D eigenvalue weighted by atomic mass is 19.1. The van der Waals surface area contributed by atoms with E-state index in [4.69, 9.17) is 0 Å². The summed E-state index contributed by atoms with van der Waals surface area (Å²) in [5, 5.41) is 8.13. The molecule has 1 unspecified atom stereocenters. The maximum atomic E-state index is 12.9. The minimum atomic E-state index is -0.628. The van der Waals surface area contributed by atoms with E-state index in [-0.39, 0.29) is 18.3 Å². The van der Waals surface area contributed by atoms with Crippen LogP contribution in [-0.4, -0.2) is 23.0 Å². The number of aromatic nitrogens is 1. The summed E-state index contributed by atoms with van der Waals surface area (Å²) < 4.78 is 12.9. The fraction of sp³-hybridized carbons (Fsp3) is 0.316. The van der Waals surface area contributed by atoms with Gasteiger partial charge in [-0.3, -0.25) is 9.78 Å². The first-order valence-corrected chi connectivity index (χ1v) is 8.55. The maximum absolute atomic E-state index is 12.9. The summed E-state index contributed by atoms with van der Waals surface area (Å²) >= 11 is 0. The molecule has 3 amide bonds. The lowest BCUT2D eigenvalue weighted by Gasteiger charge is -2.18. The van der Waals surface area contributed by atoms with Crippen molar-refractivity contribution >= 4 is 11.9 Å². The van der Waals surface area contributed by atoms with Gasteiger partial charge in [-0.05, 0) is 36.2 Å². The van der Waals surface area contributed by atoms with Gasteiger partial charge in [0.15, 0.2) is 0 Å². The van der Waals surface area contributed by atoms with Crippen molar-refractivity contribution in [2.24, 2.45) is 0 Å². The van der Waals surface area contributed by atoms with Crippen molar-refractivity contribution in [2.45, 2.75) is 38.9 Å². The van der Waals surface area contributed by atoms with E-state index in [1.807, 2.05) is 19.1 Å². The largest absolute Gasteiger partial charge is 0.349 e. The Labute approximate surface area is 152 Å². The van der Waals surface area contributed by atoms with Crippen LogP contribution in [0.5, 0.6) is 0 Å². The molecule has 6 nitrogen and oxygen atoms in total. The summed E-state index contributed by atoms with van der Waals surface area (Å²) in [6.07, 6.45) is 2.93. The summed E-state index contributed by atoms with van der Waals surface area (Å²) in [4.78, 5) is 28.5. The average molecular weight is 358 g/mol. The van der Waals surface area contributed by atoms with E-state index >= 15 is 0 Å². The van der Waals surface area contributed by atoms with E-state index in [0.717, 1.165) is 17.7 Å². The van der Waals surface area contributed by atoms with Gasteiger partial charge in [-0.2, -0.15) is 0 Å². The van der Waals surface area contributed by atoms with Crippen LogP contribution in [-0.2, 0) is 17.9 Å². The number of nitrogens with zero attached hydrogens (tertiary/aromatic N) is 1. The zero-order chi connectivity index (χ0) is 18.8. The van der Waals surface area contributed by atoms with E-state index in [0.29, 0.717) is 13.0 Å². The third kappa shape index (κ3) is 6.51. The van der Waals surface area contributed by atoms with Crippen LogP contribution in [0.3, 0.4) is 0 Å². The second-order valence-corrected chi connectivity index (χ2v) is 5.83. The molecule has 1 aromatic carbocycles. The van der Waals surface area contributed by atoms with Crippen molar-refractivity contribution in [3.05, 3.63) is 65.7 Å². The molecular weight excluding hydrogens is 335 g/mol. The van der Waals surface area contributed by atoms with Gasteiger partial charge >= 0.3 is 6.03 Å². The fourth-order valence-corrected chi connectivity index (χ4v) is 2.35. The molecule has 3 N–H and O–H groups in total. The number of amides is 3. The van der Waals surface area contributed by atoms with E-state index in [9.17, 15) is 14.0 Å². The smallest absolute Gasteiger partial charge is 0.315 e. The molecule has 138 valence electrons. The van der Waals surface area contributed by atoms with Crippen molar-refractivity contribution in [3.8, 4) is 0 Å². The van der Waals surface area contributed by atoms with Gasteiger partial charge in [0, 0.05) is 12.7 Å². The Morgan fingerprint density at radius 3 is 2.50 bits per heavy atom. The minimum Gasteiger partial charge on any atom is -0.349 e. The van der Waals surface area contributed by atoms with Crippen molar-refractivity contribution < 1.29 is 14.0 Å². The number of hydrogen-bond acceptors (Lipinski definition) is 3. The monoisotopic (exact) mass is 358 g/mol. The highest BCUT2D eigenvalue weighted by Gasteiger charge is 2.19. The minimum absolute atomic E-state index is 0.251. The maximum Gasteiger partial charge on any atom is 0.315 e. The second kappa shape index (κ2) is 10.1. The van der Waals surface area contributed by atoms with E-state index < -0.39 is 12.1 Å². The lowest BCUT2D eigenvalue weighted by molar-refractivity contribution is -0.123. The molecule has 1 atom stereocenters. The molecule has 0 saturated carbocycles. The number of pyridine rings is 1. The number of carbonyl (C=O) groups is 2. The zero-order valence-electron chi connectivity index (χ0n) is 14.7. The van der Waals surface area contributed by atoms with Crippen LogP contribution in [0.1, 0.15) is 31.0 Å². The first kappa shape index (κ1) is 19.4. The summed E-state index contributed by atoms with van der Waals surface area (Å²) in [5.41, 5.74) is 1.52. The quantitative estimate of drug-likeness (QED) is 0.678. The van der Waals surface area contributed by atoms with Gasteiger partial charge in [0.05, 0.1) is 12.2 Å². The molecule has 0 radical (unpaired) electrons. The molecule has 7 heteroatoms. The van der Waals surface area contributed by atoms with Crippen LogP contribution in [0.4, 0.5) is 9.18 Å². The van der Waals surface area contributed by atoms with Gasteiger partial charge in [0.1, 0.15) is 11.9 Å². The Morgan fingerprint density at radius 1 is 1.08 bits per heavy atom. The van der Waals surface area contributed by atoms with Gasteiger partial charge in [-0.15, -0.1) is 0 Å². The normalized spacial score (nSPS) is 11.5. The molecule has 0 aliphatic carbocycles. The average Bonchev–Trinajstić information content (AvgIpc) is 2.66. The van der Waals surface area contributed by atoms with Crippen molar-refractivity contribution in [3.63, 3.8) is 0 Å². The molecule has 0 fully saturated rings. The SMILES string of the molecule is CCCC(NC(=O)NCc1ccc(F)cc1)C(=O)NCc1ccccn1. The van der Waals surface area contributed by atoms with Crippen molar-refractivity contribution in [2.75, 3.05) is 0 Å². The molecule has 2 rings (SSSR count). The summed E-state index contributed by atoms with van der Waals surface area (Å²) in [7, 11) is 0. The van der Waals surface area contributed by atoms with Gasteiger partial charge in [-0.25, -0.2) is 9.18 Å². The van der Waals surface area contributed by atoms with Gasteiger partial charge in [0.2, 0.25) is 5.91 Å². The van der Waals surface area contributed by atoms with Crippen LogP contribution in [0, 0.1) is 5.82 Å². The zero-order valence-corrected chi connectivity index (χ0v) is 14.7. The second-order valence-electron chi connectivity index (χ2n) is 5.83. The van der Waals surface area contributed by atoms with Crippen molar-refractivity contribution in [1.29, 1.82) is 0 Å². The number of rotatable bonds is 8. The molecule has 1 aromatic heterocycles. The number of nitrogens with one attached hydrogen (secondary N) is 3. The highest BCUT2D eigenvalue weighted by molar-refractivity contribution is 5.86. The van der Waals surface area contributed by atoms with Crippen LogP contribution in [0.15, 0.2) is 48.7 Å². The Kier molecular flexibility index (Phi) is 7.54. The Bertz CT molecular complexity index is 707. The van der Waals surface area contributed by atoms with E-state index in [1.165, 1.54) is 12.1 Å². The molecule has 0 aliphatic rings. The number of halogens is 1. The summed E-state index contributed by atoms with van der Waals surface area (Å²) in [6, 6.07) is 10.3. The van der Waals surface area contributed by atoms with E-state index in [1.54, 1.807) is 24.4 Å². The van der Waals surface area contributed by atoms with E-state index in [2.05, 4.69) is 20.9 Å². The summed E-state index contributed by atoms with van der Waals surface area (Å²) in [6.45, 7) is 2.50. The van der Waals surface area contributed by atoms with Crippen LogP contribution >= 0.6 is 0 Å².